The van der Waals surface area contributed by atoms with Crippen LogP contribution in [0.5, 0.6) is 0 Å². The number of hydrogen-bond acceptors (Lipinski definition) is 23. The second kappa shape index (κ2) is 21.7. The number of nitrogens with one attached hydrogen (secondary N) is 3. The minimum atomic E-state index is -5.60. The van der Waals surface area contributed by atoms with Crippen molar-refractivity contribution in [1.29, 1.82) is 0 Å². The zero-order valence-corrected chi connectivity index (χ0v) is 38.4. The first-order chi connectivity index (χ1) is 30.4. The minimum Gasteiger partial charge on any atom is -0.386 e. The fourth-order valence-electron chi connectivity index (χ4n) is 5.77. The smallest absolute Gasteiger partial charge is 0.386 e. The van der Waals surface area contributed by atoms with E-state index in [0.29, 0.717) is 17.6 Å². The van der Waals surface area contributed by atoms with Gasteiger partial charge in [-0.05, 0) is 0 Å². The van der Waals surface area contributed by atoms with Gasteiger partial charge in [-0.3, -0.25) is 42.0 Å². The van der Waals surface area contributed by atoms with E-state index in [0.717, 1.165) is 29.0 Å². The predicted octanol–water partition coefficient (Wildman–Crippen LogP) is -1.20. The van der Waals surface area contributed by atoms with Crippen LogP contribution in [0, 0.1) is 5.41 Å². The highest BCUT2D eigenvalue weighted by Gasteiger charge is 2.50. The molecule has 358 valence electrons. The molecule has 2 aliphatic rings. The number of aryl methyl sites for hydroxylation is 1. The van der Waals surface area contributed by atoms with Gasteiger partial charge in [0.05, 0.1) is 30.5 Å². The number of carbonyl (C=O) groups excluding carboxylic acids is 4. The maximum atomic E-state index is 12.8. The molecule has 2 aliphatic heterocycles. The van der Waals surface area contributed by atoms with Crippen LogP contribution in [0.1, 0.15) is 37.4 Å². The number of carbonyl (C=O) groups is 4. The average molecular weight is 1020 g/mol. The Balaban J connectivity index is 1.03. The van der Waals surface area contributed by atoms with Crippen LogP contribution in [-0.4, -0.2) is 144 Å². The zero-order chi connectivity index (χ0) is 47.9. The van der Waals surface area contributed by atoms with E-state index in [2.05, 4.69) is 50.0 Å². The number of aliphatic hydroxyl groups is 2. The summed E-state index contributed by atoms with van der Waals surface area (Å²) in [5.74, 6) is -1.40. The highest BCUT2D eigenvalue weighted by Crippen LogP contribution is 2.61. The highest BCUT2D eigenvalue weighted by atomic mass is 32.2. The lowest BCUT2D eigenvalue weighted by Crippen LogP contribution is -2.46. The minimum absolute atomic E-state index is 0.0193. The van der Waals surface area contributed by atoms with E-state index in [1.807, 2.05) is 0 Å². The number of aromatic nitrogens is 7. The van der Waals surface area contributed by atoms with Crippen molar-refractivity contribution in [1.82, 2.24) is 50.5 Å². The van der Waals surface area contributed by atoms with Crippen LogP contribution in [-0.2, 0) is 62.5 Å². The molecule has 0 radical (unpaired) electrons. The Labute approximate surface area is 375 Å². The molecule has 3 aromatic rings. The summed E-state index contributed by atoms with van der Waals surface area (Å²) in [6.07, 6.45) is -3.39. The largest absolute Gasteiger partial charge is 0.481 e. The summed E-state index contributed by atoms with van der Waals surface area (Å²) >= 11 is 2.10. The van der Waals surface area contributed by atoms with E-state index >= 15 is 0 Å². The molecule has 0 aromatic carbocycles. The van der Waals surface area contributed by atoms with Crippen molar-refractivity contribution in [3.63, 3.8) is 0 Å². The van der Waals surface area contributed by atoms with Crippen molar-refractivity contribution in [2.75, 3.05) is 37.8 Å². The number of hydrogen-bond donors (Lipinski definition) is 10. The molecule has 3 aromatic heterocycles. The lowest BCUT2D eigenvalue weighted by molar-refractivity contribution is -0.137. The van der Waals surface area contributed by atoms with Crippen molar-refractivity contribution < 1.29 is 85.3 Å². The van der Waals surface area contributed by atoms with Crippen molar-refractivity contribution in [3.05, 3.63) is 47.4 Å². The van der Waals surface area contributed by atoms with Crippen LogP contribution in [0.25, 0.3) is 11.2 Å². The number of nitrogens with zero attached hydrogens (tertiary/aromatic N) is 7. The third-order valence-electron chi connectivity index (χ3n) is 9.00. The van der Waals surface area contributed by atoms with Crippen molar-refractivity contribution in [2.45, 2.75) is 56.2 Å². The summed E-state index contributed by atoms with van der Waals surface area (Å²) in [4.78, 5) is 101. The summed E-state index contributed by atoms with van der Waals surface area (Å²) in [5, 5.41) is 37.9. The molecule has 11 N–H and O–H groups in total. The highest BCUT2D eigenvalue weighted by molar-refractivity contribution is 8.14. The molecule has 0 saturated carbocycles. The number of aliphatic hydroxyl groups excluding tert-OH is 2. The molecule has 29 nitrogen and oxygen atoms in total. The van der Waals surface area contributed by atoms with Crippen LogP contribution in [0.4, 0.5) is 5.82 Å². The molecule has 5 rings (SSSR count). The van der Waals surface area contributed by atoms with Gasteiger partial charge in [0.1, 0.15) is 48.2 Å². The molecule has 8 atom stereocenters. The number of ether oxygens (including phenoxy) is 1. The van der Waals surface area contributed by atoms with Crippen LogP contribution in [0.2, 0.25) is 0 Å². The number of rotatable bonds is 22. The Bertz CT molecular complexity index is 2450. The number of thioether (sulfide) groups is 2. The van der Waals surface area contributed by atoms with Gasteiger partial charge in [-0.1, -0.05) is 30.8 Å². The molecule has 0 aliphatic carbocycles. The zero-order valence-electron chi connectivity index (χ0n) is 34.1. The van der Waals surface area contributed by atoms with Crippen molar-refractivity contribution in [3.8, 4) is 0 Å². The lowest BCUT2D eigenvalue weighted by Gasteiger charge is -2.30. The Morgan fingerprint density at radius 2 is 1.83 bits per heavy atom. The molecule has 65 heavy (non-hydrogen) atoms. The average Bonchev–Trinajstić information content (AvgIpc) is 3.89. The topological polar surface area (TPSA) is 423 Å². The van der Waals surface area contributed by atoms with Crippen LogP contribution in [0.15, 0.2) is 41.7 Å². The van der Waals surface area contributed by atoms with E-state index < -0.39 is 89.8 Å². The van der Waals surface area contributed by atoms with Gasteiger partial charge in [-0.2, -0.15) is 4.31 Å². The van der Waals surface area contributed by atoms with Gasteiger partial charge in [-0.15, -0.1) is 16.9 Å². The van der Waals surface area contributed by atoms with Crippen molar-refractivity contribution >= 4 is 87.2 Å². The Hall–Kier alpha value is -4.00. The van der Waals surface area contributed by atoms with E-state index in [9.17, 15) is 62.7 Å². The first kappa shape index (κ1) is 52.0. The number of fused-ring (bicyclic) bond motifs is 1. The quantitative estimate of drug-likeness (QED) is 0.0321. The van der Waals surface area contributed by atoms with E-state index in [1.165, 1.54) is 36.5 Å². The number of nitrogen functional groups attached to an aromatic ring is 1. The Morgan fingerprint density at radius 1 is 1.11 bits per heavy atom. The van der Waals surface area contributed by atoms with Gasteiger partial charge in [0.15, 0.2) is 17.7 Å². The number of amides is 2. The third kappa shape index (κ3) is 14.3. The molecule has 0 bridgehead atoms. The molecule has 1 fully saturated rings. The van der Waals surface area contributed by atoms with Gasteiger partial charge in [0.2, 0.25) is 16.9 Å². The number of phosphoric ester groups is 3. The summed E-state index contributed by atoms with van der Waals surface area (Å²) < 4.78 is 63.8. The molecule has 8 unspecified atom stereocenters. The maximum absolute atomic E-state index is 12.8. The second-order valence-electron chi connectivity index (χ2n) is 14.5. The summed E-state index contributed by atoms with van der Waals surface area (Å²) in [7, 11) is -14.8. The number of nitrogens with two attached hydrogens (primary N) is 1. The predicted molar refractivity (Wildman–Crippen MR) is 224 cm³/mol. The number of phosphoric acid groups is 3. The lowest BCUT2D eigenvalue weighted by atomic mass is 9.87. The summed E-state index contributed by atoms with van der Waals surface area (Å²) in [6.45, 7) is 0.211. The monoisotopic (exact) mass is 1020 g/mol. The van der Waals surface area contributed by atoms with E-state index in [4.69, 9.17) is 19.5 Å². The summed E-state index contributed by atoms with van der Waals surface area (Å²) in [5.41, 5.74) is 5.30. The van der Waals surface area contributed by atoms with E-state index in [1.54, 1.807) is 18.7 Å². The van der Waals surface area contributed by atoms with Gasteiger partial charge < -0.3 is 56.2 Å². The first-order valence-electron chi connectivity index (χ1n) is 18.6. The molecule has 5 heterocycles. The molecule has 34 heteroatoms. The normalized spacial score (nSPS) is 22.7. The van der Waals surface area contributed by atoms with E-state index in [-0.39, 0.29) is 53.1 Å². The summed E-state index contributed by atoms with van der Waals surface area (Å²) in [6, 6.07) is 0. The fraction of sp³-hybridized carbons (Fsp3) is 0.516. The second-order valence-corrected chi connectivity index (χ2v) is 20.8. The number of anilines is 1. The Kier molecular flexibility index (Phi) is 17.4. The van der Waals surface area contributed by atoms with Gasteiger partial charge in [-0.25, -0.2) is 28.6 Å². The van der Waals surface area contributed by atoms with Gasteiger partial charge in [0.25, 0.3) is 0 Å². The maximum Gasteiger partial charge on any atom is 0.481 e. The third-order valence-corrected chi connectivity index (χ3v) is 14.1. The van der Waals surface area contributed by atoms with Gasteiger partial charge >= 0.3 is 23.5 Å². The van der Waals surface area contributed by atoms with Crippen molar-refractivity contribution in [2.24, 2.45) is 12.5 Å². The molecule has 0 spiro atoms. The molecular formula is C31H44N11O18P3S2. The van der Waals surface area contributed by atoms with Crippen LogP contribution in [0.3, 0.4) is 0 Å². The SMILES string of the molecule is Cn1cc(C2SC=C(C(=O)SCCNC(=O)CCNC(=O)C(O)C(C)(C)COP(=O)(O)OP(=O)(O)OCC3OC(n4cnc5c(N)ncnc54)C(O)C3OP(=O)(O)O)NC=C2C=O)nn1. The van der Waals surface area contributed by atoms with Gasteiger partial charge in [0, 0.05) is 61.1 Å². The Morgan fingerprint density at radius 3 is 2.51 bits per heavy atom. The van der Waals surface area contributed by atoms with Crippen LogP contribution >= 0.6 is 47.0 Å². The van der Waals surface area contributed by atoms with Crippen LogP contribution < -0.4 is 21.7 Å². The molecule has 2 amide bonds. The molecular weight excluding hydrogens is 971 g/mol. The number of aldehydes is 1. The number of imidazole rings is 1. The first-order valence-corrected chi connectivity index (χ1v) is 25.0. The molecule has 1 saturated heterocycles. The standard InChI is InChI=1S/C31H44N11O18P3S2/c1-31(2,25(46)28(47)34-5-4-20(44)33-6-7-64-30(48)18-12-65-24(16(10-43)8-35-18)17-9-41(3)40-39-17)13-57-63(54,55)60-62(52,53)56-11-19-23(59-61(49,50)51)22(45)29(58-19)42-15-38-21-26(32)36-14-37-27(21)42/h8-10,12,14-15,19,22-25,29,35,45-46H,4-7,11,13H2,1-3H3,(H,33,44)(H,34,47)(H,52,53)(H,54,55)(H2,32,36,37)(H2,49,50,51). The fourth-order valence-corrected chi connectivity index (χ4v) is 10.3.